The molecule has 0 bridgehead atoms. The Kier molecular flexibility index (Phi) is 5.61. The molecule has 0 spiro atoms. The Morgan fingerprint density at radius 1 is 1.00 bits per heavy atom. The van der Waals surface area contributed by atoms with Crippen LogP contribution in [0, 0.1) is 6.92 Å². The van der Waals surface area contributed by atoms with Crippen LogP contribution in [-0.2, 0) is 0 Å². The molecule has 0 saturated heterocycles. The van der Waals surface area contributed by atoms with E-state index in [2.05, 4.69) is 10.3 Å². The molecular formula is C25H22N2O3. The highest BCUT2D eigenvalue weighted by molar-refractivity contribution is 6.05. The number of aryl methyl sites for hydroxylation is 1. The summed E-state index contributed by atoms with van der Waals surface area (Å²) in [5.41, 5.74) is 3.55. The molecular weight excluding hydrogens is 376 g/mol. The molecule has 0 saturated carbocycles. The fraction of sp³-hybridized carbons (Fsp3) is 0.120. The summed E-state index contributed by atoms with van der Waals surface area (Å²) in [6, 6.07) is 24.4. The molecule has 1 N–H and O–H groups in total. The number of nitrogens with one attached hydrogen (secondary N) is 1. The zero-order valence-electron chi connectivity index (χ0n) is 16.9. The molecule has 0 radical (unpaired) electrons. The first kappa shape index (κ1) is 19.5. The number of fused-ring (bicyclic) bond motifs is 1. The van der Waals surface area contributed by atoms with E-state index in [-0.39, 0.29) is 11.5 Å². The van der Waals surface area contributed by atoms with E-state index in [0.29, 0.717) is 29.2 Å². The van der Waals surface area contributed by atoms with Crippen LogP contribution in [0.3, 0.4) is 0 Å². The molecule has 1 aromatic heterocycles. The van der Waals surface area contributed by atoms with E-state index in [1.165, 1.54) is 0 Å². The van der Waals surface area contributed by atoms with Crippen molar-refractivity contribution in [1.82, 2.24) is 0 Å². The molecule has 0 aliphatic heterocycles. The van der Waals surface area contributed by atoms with E-state index in [9.17, 15) is 4.79 Å². The van der Waals surface area contributed by atoms with Crippen LogP contribution in [0.4, 0.5) is 11.4 Å². The molecule has 4 aromatic rings. The number of anilines is 1. The Morgan fingerprint density at radius 3 is 2.57 bits per heavy atom. The minimum Gasteiger partial charge on any atom is -0.492 e. The number of carbonyl (C=O) groups is 1. The van der Waals surface area contributed by atoms with Gasteiger partial charge in [-0.2, -0.15) is 0 Å². The zero-order valence-corrected chi connectivity index (χ0v) is 16.9. The van der Waals surface area contributed by atoms with Crippen molar-refractivity contribution in [2.75, 3.05) is 11.9 Å². The summed E-state index contributed by atoms with van der Waals surface area (Å²) in [6.45, 7) is 4.38. The van der Waals surface area contributed by atoms with Gasteiger partial charge in [-0.1, -0.05) is 48.5 Å². The van der Waals surface area contributed by atoms with Gasteiger partial charge < -0.3 is 14.5 Å². The van der Waals surface area contributed by atoms with Gasteiger partial charge in [-0.15, -0.1) is 0 Å². The lowest BCUT2D eigenvalue weighted by molar-refractivity contribution is 0.102. The van der Waals surface area contributed by atoms with Gasteiger partial charge in [-0.3, -0.25) is 4.79 Å². The quantitative estimate of drug-likeness (QED) is 0.474. The molecule has 0 fully saturated rings. The van der Waals surface area contributed by atoms with Crippen LogP contribution in [-0.4, -0.2) is 12.5 Å². The van der Waals surface area contributed by atoms with Crippen molar-refractivity contribution in [3.8, 4) is 5.75 Å². The Morgan fingerprint density at radius 2 is 1.73 bits per heavy atom. The van der Waals surface area contributed by atoms with Gasteiger partial charge >= 0.3 is 0 Å². The lowest BCUT2D eigenvalue weighted by atomic mass is 10.1. The Balaban J connectivity index is 1.86. The normalized spacial score (nSPS) is 11.5. The lowest BCUT2D eigenvalue weighted by Crippen LogP contribution is -2.22. The number of ether oxygens (including phenoxy) is 1. The third-order valence-corrected chi connectivity index (χ3v) is 4.68. The molecule has 1 amide bonds. The van der Waals surface area contributed by atoms with Gasteiger partial charge in [0.1, 0.15) is 22.6 Å². The second-order valence-corrected chi connectivity index (χ2v) is 6.78. The van der Waals surface area contributed by atoms with Crippen molar-refractivity contribution in [3.05, 3.63) is 95.5 Å². The molecule has 0 atom stereocenters. The molecule has 0 unspecified atom stereocenters. The van der Waals surface area contributed by atoms with Crippen molar-refractivity contribution in [2.45, 2.75) is 13.8 Å². The number of nitrogens with zero attached hydrogens (tertiary/aromatic N) is 1. The average molecular weight is 398 g/mol. The smallest absolute Gasteiger partial charge is 0.261 e. The van der Waals surface area contributed by atoms with E-state index in [4.69, 9.17) is 9.15 Å². The number of amides is 1. The Bertz CT molecular complexity index is 1270. The fourth-order valence-corrected chi connectivity index (χ4v) is 3.15. The third kappa shape index (κ3) is 4.10. The standard InChI is InChI=1S/C25H22N2O3/c1-3-29-23-15-9-7-13-21(23)27-25-19(16-18-11-5-8-14-22(18)30-25)24(28)26-20-12-6-4-10-17(20)2/h4-16H,3H2,1-2H3,(H,26,28). The predicted molar refractivity (Wildman–Crippen MR) is 118 cm³/mol. The molecule has 3 aromatic carbocycles. The van der Waals surface area contributed by atoms with E-state index < -0.39 is 0 Å². The summed E-state index contributed by atoms with van der Waals surface area (Å²) in [5.74, 6) is 0.347. The second kappa shape index (κ2) is 8.66. The van der Waals surface area contributed by atoms with Gasteiger partial charge in [0.2, 0.25) is 5.55 Å². The van der Waals surface area contributed by atoms with Crippen LogP contribution in [0.1, 0.15) is 22.8 Å². The van der Waals surface area contributed by atoms with Crippen molar-refractivity contribution < 1.29 is 13.9 Å². The van der Waals surface area contributed by atoms with Crippen molar-refractivity contribution in [2.24, 2.45) is 4.99 Å². The molecule has 1 heterocycles. The first-order valence-electron chi connectivity index (χ1n) is 9.82. The third-order valence-electron chi connectivity index (χ3n) is 4.68. The van der Waals surface area contributed by atoms with Gasteiger partial charge in [0, 0.05) is 11.1 Å². The van der Waals surface area contributed by atoms with Crippen LogP contribution in [0.2, 0.25) is 0 Å². The van der Waals surface area contributed by atoms with Gasteiger partial charge in [0.25, 0.3) is 5.91 Å². The van der Waals surface area contributed by atoms with Gasteiger partial charge in [-0.05, 0) is 49.7 Å². The Labute approximate surface area is 174 Å². The van der Waals surface area contributed by atoms with Crippen LogP contribution in [0.25, 0.3) is 11.0 Å². The number of para-hydroxylation sites is 4. The summed E-state index contributed by atoms with van der Waals surface area (Å²) in [4.78, 5) is 17.8. The Hall–Kier alpha value is -3.86. The highest BCUT2D eigenvalue weighted by atomic mass is 16.5. The van der Waals surface area contributed by atoms with Crippen LogP contribution >= 0.6 is 0 Å². The summed E-state index contributed by atoms with van der Waals surface area (Å²) in [6.07, 6.45) is 0. The van der Waals surface area contributed by atoms with E-state index in [1.54, 1.807) is 6.07 Å². The van der Waals surface area contributed by atoms with Crippen LogP contribution in [0.15, 0.2) is 88.3 Å². The van der Waals surface area contributed by atoms with Crippen LogP contribution in [0.5, 0.6) is 5.75 Å². The fourth-order valence-electron chi connectivity index (χ4n) is 3.15. The SMILES string of the molecule is CCOc1ccccc1N=c1oc2ccccc2cc1C(=O)Nc1ccccc1C. The topological polar surface area (TPSA) is 63.8 Å². The van der Waals surface area contributed by atoms with Gasteiger partial charge in [-0.25, -0.2) is 4.99 Å². The van der Waals surface area contributed by atoms with E-state index >= 15 is 0 Å². The first-order valence-corrected chi connectivity index (χ1v) is 9.82. The minimum atomic E-state index is -0.286. The average Bonchev–Trinajstić information content (AvgIpc) is 2.76. The number of carbonyl (C=O) groups excluding carboxylic acids is 1. The maximum absolute atomic E-state index is 13.2. The predicted octanol–water partition coefficient (Wildman–Crippen LogP) is 5.62. The molecule has 5 nitrogen and oxygen atoms in total. The molecule has 0 aliphatic rings. The summed E-state index contributed by atoms with van der Waals surface area (Å²) >= 11 is 0. The van der Waals surface area contributed by atoms with Crippen LogP contribution < -0.4 is 15.6 Å². The monoisotopic (exact) mass is 398 g/mol. The molecule has 0 aliphatic carbocycles. The van der Waals surface area contributed by atoms with Gasteiger partial charge in [0.15, 0.2) is 0 Å². The van der Waals surface area contributed by atoms with Gasteiger partial charge in [0.05, 0.1) is 6.61 Å². The van der Waals surface area contributed by atoms with Crippen molar-refractivity contribution in [3.63, 3.8) is 0 Å². The lowest BCUT2D eigenvalue weighted by Gasteiger charge is -2.10. The highest BCUT2D eigenvalue weighted by Crippen LogP contribution is 2.26. The molecule has 5 heteroatoms. The summed E-state index contributed by atoms with van der Waals surface area (Å²) in [7, 11) is 0. The number of rotatable bonds is 5. The number of hydrogen-bond donors (Lipinski definition) is 1. The summed E-state index contributed by atoms with van der Waals surface area (Å²) in [5, 5.41) is 3.79. The maximum Gasteiger partial charge on any atom is 0.261 e. The van der Waals surface area contributed by atoms with E-state index in [1.807, 2.05) is 86.6 Å². The second-order valence-electron chi connectivity index (χ2n) is 6.78. The number of hydrogen-bond acceptors (Lipinski definition) is 4. The molecule has 150 valence electrons. The summed E-state index contributed by atoms with van der Waals surface area (Å²) < 4.78 is 11.7. The van der Waals surface area contributed by atoms with E-state index in [0.717, 1.165) is 16.6 Å². The largest absolute Gasteiger partial charge is 0.492 e. The number of benzene rings is 3. The zero-order chi connectivity index (χ0) is 20.9. The highest BCUT2D eigenvalue weighted by Gasteiger charge is 2.14. The molecule has 30 heavy (non-hydrogen) atoms. The molecule has 4 rings (SSSR count). The first-order chi connectivity index (χ1) is 14.7. The van der Waals surface area contributed by atoms with Crippen molar-refractivity contribution >= 4 is 28.3 Å². The van der Waals surface area contributed by atoms with Crippen molar-refractivity contribution in [1.29, 1.82) is 0 Å². The maximum atomic E-state index is 13.2. The minimum absolute atomic E-state index is 0.229.